The first-order valence-electron chi connectivity index (χ1n) is 4.69. The quantitative estimate of drug-likeness (QED) is 0.666. The van der Waals surface area contributed by atoms with Crippen LogP contribution in [0.2, 0.25) is 5.02 Å². The summed E-state index contributed by atoms with van der Waals surface area (Å²) < 4.78 is 13.2. The first kappa shape index (κ1) is 10.2. The van der Waals surface area contributed by atoms with Crippen LogP contribution in [0.25, 0.3) is 11.1 Å². The first-order chi connectivity index (χ1) is 7.18. The van der Waals surface area contributed by atoms with Crippen molar-refractivity contribution in [3.05, 3.63) is 58.9 Å². The van der Waals surface area contributed by atoms with Gasteiger partial charge in [0.1, 0.15) is 5.82 Å². The second-order valence-corrected chi connectivity index (χ2v) is 3.85. The predicted octanol–water partition coefficient (Wildman–Crippen LogP) is 4.45. The minimum atomic E-state index is -0.380. The zero-order valence-corrected chi connectivity index (χ0v) is 9.05. The van der Waals surface area contributed by atoms with E-state index in [-0.39, 0.29) is 10.8 Å². The van der Waals surface area contributed by atoms with Gasteiger partial charge in [-0.25, -0.2) is 4.39 Å². The molecule has 0 nitrogen and oxygen atoms in total. The molecule has 0 N–H and O–H groups in total. The Kier molecular flexibility index (Phi) is 2.74. The molecule has 0 aromatic heterocycles. The molecule has 0 aliphatic heterocycles. The Morgan fingerprint density at radius 3 is 2.33 bits per heavy atom. The van der Waals surface area contributed by atoms with E-state index in [1.54, 1.807) is 6.07 Å². The van der Waals surface area contributed by atoms with Crippen molar-refractivity contribution in [1.29, 1.82) is 0 Å². The lowest BCUT2D eigenvalue weighted by molar-refractivity contribution is 0.629. The minimum Gasteiger partial charge on any atom is -0.205 e. The van der Waals surface area contributed by atoms with E-state index in [2.05, 4.69) is 0 Å². The zero-order chi connectivity index (χ0) is 10.8. The fraction of sp³-hybridized carbons (Fsp3) is 0.0769. The number of halogens is 2. The lowest BCUT2D eigenvalue weighted by Crippen LogP contribution is -1.83. The molecule has 0 heterocycles. The highest BCUT2D eigenvalue weighted by molar-refractivity contribution is 6.33. The van der Waals surface area contributed by atoms with Crippen LogP contribution in [0.1, 0.15) is 5.56 Å². The van der Waals surface area contributed by atoms with Crippen molar-refractivity contribution in [3.8, 4) is 11.1 Å². The van der Waals surface area contributed by atoms with Crippen LogP contribution in [0.3, 0.4) is 0 Å². The average Bonchev–Trinajstić information content (AvgIpc) is 2.24. The molecule has 76 valence electrons. The van der Waals surface area contributed by atoms with Gasteiger partial charge in [-0.2, -0.15) is 0 Å². The molecule has 0 radical (unpaired) electrons. The molecule has 2 heteroatoms. The van der Waals surface area contributed by atoms with Crippen LogP contribution in [-0.2, 0) is 0 Å². The van der Waals surface area contributed by atoms with Gasteiger partial charge >= 0.3 is 0 Å². The van der Waals surface area contributed by atoms with Gasteiger partial charge in [-0.1, -0.05) is 53.6 Å². The van der Waals surface area contributed by atoms with E-state index < -0.39 is 0 Å². The number of hydrogen-bond acceptors (Lipinski definition) is 0. The predicted molar refractivity (Wildman–Crippen MR) is 61.6 cm³/mol. The monoisotopic (exact) mass is 220 g/mol. The molecule has 0 aliphatic rings. The molecule has 0 amide bonds. The van der Waals surface area contributed by atoms with E-state index in [0.29, 0.717) is 0 Å². The summed E-state index contributed by atoms with van der Waals surface area (Å²) in [7, 11) is 0. The standard InChI is InChI=1S/C13H10ClF/c1-9-5-7-10(8-6-9)11-3-2-4-12(15)13(11)14/h2-8H,1H3. The summed E-state index contributed by atoms with van der Waals surface area (Å²) >= 11 is 5.89. The molecule has 0 spiro atoms. The van der Waals surface area contributed by atoms with Crippen LogP contribution >= 0.6 is 11.6 Å². The van der Waals surface area contributed by atoms with Crippen molar-refractivity contribution in [2.24, 2.45) is 0 Å². The molecule has 2 rings (SSSR count). The van der Waals surface area contributed by atoms with Crippen molar-refractivity contribution in [2.45, 2.75) is 6.92 Å². The summed E-state index contributed by atoms with van der Waals surface area (Å²) in [6.07, 6.45) is 0. The molecular weight excluding hydrogens is 211 g/mol. The lowest BCUT2D eigenvalue weighted by Gasteiger charge is -2.05. The molecule has 15 heavy (non-hydrogen) atoms. The highest BCUT2D eigenvalue weighted by atomic mass is 35.5. The Hall–Kier alpha value is -1.34. The molecule has 0 unspecified atom stereocenters. The van der Waals surface area contributed by atoms with Gasteiger partial charge in [0.25, 0.3) is 0 Å². The van der Waals surface area contributed by atoms with Gasteiger partial charge in [0.2, 0.25) is 0 Å². The Balaban J connectivity index is 2.54. The van der Waals surface area contributed by atoms with Gasteiger partial charge in [-0.15, -0.1) is 0 Å². The molecule has 0 saturated heterocycles. The minimum absolute atomic E-state index is 0.182. The molecule has 2 aromatic carbocycles. The van der Waals surface area contributed by atoms with E-state index in [1.807, 2.05) is 37.3 Å². The highest BCUT2D eigenvalue weighted by Gasteiger charge is 2.06. The van der Waals surface area contributed by atoms with Crippen molar-refractivity contribution >= 4 is 11.6 Å². The Morgan fingerprint density at radius 2 is 1.67 bits per heavy atom. The summed E-state index contributed by atoms with van der Waals surface area (Å²) in [5.74, 6) is -0.380. The van der Waals surface area contributed by atoms with Crippen LogP contribution in [0, 0.1) is 12.7 Å². The summed E-state index contributed by atoms with van der Waals surface area (Å²) in [4.78, 5) is 0. The van der Waals surface area contributed by atoms with Crippen LogP contribution in [-0.4, -0.2) is 0 Å². The normalized spacial score (nSPS) is 10.3. The number of rotatable bonds is 1. The number of aryl methyl sites for hydroxylation is 1. The fourth-order valence-corrected chi connectivity index (χ4v) is 1.69. The van der Waals surface area contributed by atoms with Crippen LogP contribution < -0.4 is 0 Å². The molecule has 0 bridgehead atoms. The number of hydrogen-bond donors (Lipinski definition) is 0. The van der Waals surface area contributed by atoms with Gasteiger partial charge in [-0.3, -0.25) is 0 Å². The third-order valence-corrected chi connectivity index (χ3v) is 2.70. The highest BCUT2D eigenvalue weighted by Crippen LogP contribution is 2.29. The summed E-state index contributed by atoms with van der Waals surface area (Å²) in [5, 5.41) is 0.182. The maximum atomic E-state index is 13.2. The summed E-state index contributed by atoms with van der Waals surface area (Å²) in [5.41, 5.74) is 2.84. The van der Waals surface area contributed by atoms with Gasteiger partial charge in [0.15, 0.2) is 0 Å². The SMILES string of the molecule is Cc1ccc(-c2cccc(F)c2Cl)cc1. The lowest BCUT2D eigenvalue weighted by atomic mass is 10.0. The van der Waals surface area contributed by atoms with E-state index >= 15 is 0 Å². The van der Waals surface area contributed by atoms with Crippen molar-refractivity contribution in [1.82, 2.24) is 0 Å². The molecule has 2 aromatic rings. The number of benzene rings is 2. The fourth-order valence-electron chi connectivity index (χ4n) is 1.46. The maximum Gasteiger partial charge on any atom is 0.142 e. The second kappa shape index (κ2) is 4.03. The van der Waals surface area contributed by atoms with Gasteiger partial charge in [0, 0.05) is 5.56 Å². The second-order valence-electron chi connectivity index (χ2n) is 3.47. The first-order valence-corrected chi connectivity index (χ1v) is 5.07. The van der Waals surface area contributed by atoms with Crippen LogP contribution in [0.15, 0.2) is 42.5 Å². The van der Waals surface area contributed by atoms with Gasteiger partial charge in [0.05, 0.1) is 5.02 Å². The van der Waals surface area contributed by atoms with Gasteiger partial charge in [-0.05, 0) is 18.6 Å². The van der Waals surface area contributed by atoms with Crippen molar-refractivity contribution in [3.63, 3.8) is 0 Å². The molecule has 0 atom stereocenters. The Labute approximate surface area is 93.3 Å². The molecular formula is C13H10ClF. The third kappa shape index (κ3) is 2.02. The third-order valence-electron chi connectivity index (χ3n) is 2.31. The zero-order valence-electron chi connectivity index (χ0n) is 8.30. The van der Waals surface area contributed by atoms with Crippen molar-refractivity contribution in [2.75, 3.05) is 0 Å². The van der Waals surface area contributed by atoms with Gasteiger partial charge < -0.3 is 0 Å². The van der Waals surface area contributed by atoms with E-state index in [9.17, 15) is 4.39 Å². The summed E-state index contributed by atoms with van der Waals surface area (Å²) in [6, 6.07) is 12.7. The van der Waals surface area contributed by atoms with E-state index in [0.717, 1.165) is 11.1 Å². The molecule has 0 fully saturated rings. The molecule has 0 saturated carbocycles. The average molecular weight is 221 g/mol. The van der Waals surface area contributed by atoms with Crippen LogP contribution in [0.5, 0.6) is 0 Å². The van der Waals surface area contributed by atoms with Crippen molar-refractivity contribution < 1.29 is 4.39 Å². The Bertz CT molecular complexity index is 474. The smallest absolute Gasteiger partial charge is 0.142 e. The summed E-state index contributed by atoms with van der Waals surface area (Å²) in [6.45, 7) is 2.01. The van der Waals surface area contributed by atoms with E-state index in [4.69, 9.17) is 11.6 Å². The largest absolute Gasteiger partial charge is 0.205 e. The maximum absolute atomic E-state index is 13.2. The molecule has 0 aliphatic carbocycles. The van der Waals surface area contributed by atoms with Crippen LogP contribution in [0.4, 0.5) is 4.39 Å². The Morgan fingerprint density at radius 1 is 1.00 bits per heavy atom. The topological polar surface area (TPSA) is 0 Å². The van der Waals surface area contributed by atoms with E-state index in [1.165, 1.54) is 11.6 Å².